The molecule has 0 atom stereocenters. The highest BCUT2D eigenvalue weighted by Crippen LogP contribution is 2.29. The molecule has 20 heavy (non-hydrogen) atoms. The lowest BCUT2D eigenvalue weighted by Gasteiger charge is -2.00. The number of carboxylic acids is 1. The van der Waals surface area contributed by atoms with E-state index in [9.17, 15) is 9.90 Å². The van der Waals surface area contributed by atoms with Gasteiger partial charge in [-0.05, 0) is 43.2 Å². The summed E-state index contributed by atoms with van der Waals surface area (Å²) < 4.78 is 5.76. The van der Waals surface area contributed by atoms with Crippen molar-refractivity contribution >= 4 is 17.1 Å². The van der Waals surface area contributed by atoms with E-state index in [4.69, 9.17) is 4.42 Å². The van der Waals surface area contributed by atoms with Crippen LogP contribution in [0, 0.1) is 13.8 Å². The van der Waals surface area contributed by atoms with Crippen molar-refractivity contribution in [3.8, 4) is 11.5 Å². The van der Waals surface area contributed by atoms with Gasteiger partial charge in [0, 0.05) is 0 Å². The number of hydrogen-bond acceptors (Lipinski definition) is 3. The molecular weight excluding hydrogens is 254 g/mol. The fraction of sp³-hybridized carbons (Fsp3) is 0.125. The molecule has 2 aromatic carbocycles. The number of carboxylic acid groups (broad SMARTS) is 1. The highest BCUT2D eigenvalue weighted by atomic mass is 16.4. The molecule has 0 fully saturated rings. The first-order chi connectivity index (χ1) is 9.56. The van der Waals surface area contributed by atoms with E-state index in [0.717, 1.165) is 16.6 Å². The topological polar surface area (TPSA) is 63.3 Å². The van der Waals surface area contributed by atoms with Crippen molar-refractivity contribution in [3.05, 3.63) is 53.1 Å². The Morgan fingerprint density at radius 2 is 1.95 bits per heavy atom. The molecule has 1 aromatic heterocycles. The Morgan fingerprint density at radius 1 is 1.20 bits per heavy atom. The lowest BCUT2D eigenvalue weighted by molar-refractivity contribution is 0.0697. The van der Waals surface area contributed by atoms with Gasteiger partial charge >= 0.3 is 5.97 Å². The van der Waals surface area contributed by atoms with Gasteiger partial charge < -0.3 is 9.52 Å². The van der Waals surface area contributed by atoms with E-state index in [1.165, 1.54) is 0 Å². The summed E-state index contributed by atoms with van der Waals surface area (Å²) >= 11 is 0. The van der Waals surface area contributed by atoms with Crippen molar-refractivity contribution in [2.75, 3.05) is 0 Å². The van der Waals surface area contributed by atoms with Crippen molar-refractivity contribution in [3.63, 3.8) is 0 Å². The molecule has 100 valence electrons. The lowest BCUT2D eigenvalue weighted by atomic mass is 10.1. The third-order valence-corrected chi connectivity index (χ3v) is 3.21. The smallest absolute Gasteiger partial charge is 0.336 e. The molecule has 4 nitrogen and oxygen atoms in total. The monoisotopic (exact) mass is 267 g/mol. The second-order valence-electron chi connectivity index (χ2n) is 4.80. The minimum atomic E-state index is -0.990. The fourth-order valence-electron chi connectivity index (χ4n) is 2.35. The number of benzene rings is 2. The van der Waals surface area contributed by atoms with Gasteiger partial charge in [0.2, 0.25) is 5.89 Å². The number of rotatable bonds is 2. The fourth-order valence-corrected chi connectivity index (χ4v) is 2.35. The van der Waals surface area contributed by atoms with Crippen molar-refractivity contribution in [2.45, 2.75) is 13.8 Å². The highest BCUT2D eigenvalue weighted by molar-refractivity contribution is 5.95. The molecule has 3 rings (SSSR count). The second kappa shape index (κ2) is 4.49. The van der Waals surface area contributed by atoms with Crippen LogP contribution in [-0.2, 0) is 0 Å². The van der Waals surface area contributed by atoms with Crippen LogP contribution in [0.1, 0.15) is 21.5 Å². The van der Waals surface area contributed by atoms with Crippen LogP contribution in [0.15, 0.2) is 40.8 Å². The van der Waals surface area contributed by atoms with Crippen molar-refractivity contribution < 1.29 is 14.3 Å². The van der Waals surface area contributed by atoms with E-state index < -0.39 is 5.97 Å². The minimum absolute atomic E-state index is 0.188. The van der Waals surface area contributed by atoms with Gasteiger partial charge in [-0.3, -0.25) is 0 Å². The standard InChI is InChI=1S/C16H13NO3/c1-9-7-10(2)14-13(8-9)17-15(20-14)11-5-3-4-6-12(11)16(18)19/h3-8H,1-2H3,(H,18,19). The van der Waals surface area contributed by atoms with Gasteiger partial charge in [-0.25, -0.2) is 9.78 Å². The maximum atomic E-state index is 11.3. The van der Waals surface area contributed by atoms with Crippen LogP contribution in [0.2, 0.25) is 0 Å². The van der Waals surface area contributed by atoms with E-state index in [2.05, 4.69) is 4.98 Å². The zero-order chi connectivity index (χ0) is 14.3. The first kappa shape index (κ1) is 12.4. The van der Waals surface area contributed by atoms with Gasteiger partial charge in [-0.15, -0.1) is 0 Å². The number of carbonyl (C=O) groups is 1. The molecule has 0 amide bonds. The molecule has 1 N–H and O–H groups in total. The molecule has 0 unspecified atom stereocenters. The van der Waals surface area contributed by atoms with E-state index >= 15 is 0 Å². The van der Waals surface area contributed by atoms with Crippen LogP contribution in [-0.4, -0.2) is 16.1 Å². The van der Waals surface area contributed by atoms with Crippen LogP contribution in [0.3, 0.4) is 0 Å². The molecule has 0 saturated carbocycles. The number of nitrogens with zero attached hydrogens (tertiary/aromatic N) is 1. The first-order valence-corrected chi connectivity index (χ1v) is 6.27. The molecule has 4 heteroatoms. The molecule has 3 aromatic rings. The van der Waals surface area contributed by atoms with Crippen molar-refractivity contribution in [1.29, 1.82) is 0 Å². The number of aryl methyl sites for hydroxylation is 2. The van der Waals surface area contributed by atoms with Gasteiger partial charge in [0.15, 0.2) is 5.58 Å². The summed E-state index contributed by atoms with van der Waals surface area (Å²) in [6.45, 7) is 3.94. The molecule has 0 saturated heterocycles. The summed E-state index contributed by atoms with van der Waals surface area (Å²) in [5.41, 5.74) is 4.22. The lowest BCUT2D eigenvalue weighted by Crippen LogP contribution is -1.98. The summed E-state index contributed by atoms with van der Waals surface area (Å²) in [6, 6.07) is 10.7. The van der Waals surface area contributed by atoms with Gasteiger partial charge in [-0.1, -0.05) is 18.2 Å². The van der Waals surface area contributed by atoms with Crippen LogP contribution in [0.5, 0.6) is 0 Å². The number of aromatic carboxylic acids is 1. The van der Waals surface area contributed by atoms with Crippen LogP contribution < -0.4 is 0 Å². The summed E-state index contributed by atoms with van der Waals surface area (Å²) in [7, 11) is 0. The van der Waals surface area contributed by atoms with Gasteiger partial charge in [0.25, 0.3) is 0 Å². The molecule has 0 aliphatic rings. The zero-order valence-corrected chi connectivity index (χ0v) is 11.2. The van der Waals surface area contributed by atoms with Gasteiger partial charge in [-0.2, -0.15) is 0 Å². The molecular formula is C16H13NO3. The highest BCUT2D eigenvalue weighted by Gasteiger charge is 2.16. The van der Waals surface area contributed by atoms with Crippen LogP contribution in [0.25, 0.3) is 22.6 Å². The Morgan fingerprint density at radius 3 is 2.70 bits per heavy atom. The van der Waals surface area contributed by atoms with Gasteiger partial charge in [0.1, 0.15) is 5.52 Å². The largest absolute Gasteiger partial charge is 0.478 e. The quantitative estimate of drug-likeness (QED) is 0.766. The van der Waals surface area contributed by atoms with Gasteiger partial charge in [0.05, 0.1) is 11.1 Å². The van der Waals surface area contributed by atoms with Crippen LogP contribution >= 0.6 is 0 Å². The summed E-state index contributed by atoms with van der Waals surface area (Å²) in [4.78, 5) is 15.7. The maximum Gasteiger partial charge on any atom is 0.336 e. The molecule has 0 spiro atoms. The van der Waals surface area contributed by atoms with E-state index in [1.807, 2.05) is 26.0 Å². The zero-order valence-electron chi connectivity index (χ0n) is 11.2. The SMILES string of the molecule is Cc1cc(C)c2oc(-c3ccccc3C(=O)O)nc2c1. The Balaban J connectivity index is 2.26. The van der Waals surface area contributed by atoms with Crippen LogP contribution in [0.4, 0.5) is 0 Å². The Hall–Kier alpha value is -2.62. The predicted molar refractivity (Wildman–Crippen MR) is 75.9 cm³/mol. The molecule has 0 radical (unpaired) electrons. The third-order valence-electron chi connectivity index (χ3n) is 3.21. The Bertz CT molecular complexity index is 818. The number of aromatic nitrogens is 1. The second-order valence-corrected chi connectivity index (χ2v) is 4.80. The van der Waals surface area contributed by atoms with Crippen molar-refractivity contribution in [1.82, 2.24) is 4.98 Å². The average Bonchev–Trinajstić information content (AvgIpc) is 2.82. The first-order valence-electron chi connectivity index (χ1n) is 6.27. The number of oxazole rings is 1. The minimum Gasteiger partial charge on any atom is -0.478 e. The molecule has 0 aliphatic heterocycles. The Labute approximate surface area is 115 Å². The maximum absolute atomic E-state index is 11.3. The third kappa shape index (κ3) is 1.95. The normalized spacial score (nSPS) is 10.9. The van der Waals surface area contributed by atoms with E-state index in [0.29, 0.717) is 17.0 Å². The van der Waals surface area contributed by atoms with E-state index in [-0.39, 0.29) is 5.56 Å². The average molecular weight is 267 g/mol. The Kier molecular flexibility index (Phi) is 2.79. The predicted octanol–water partition coefficient (Wildman–Crippen LogP) is 3.81. The molecule has 0 bridgehead atoms. The van der Waals surface area contributed by atoms with Crippen molar-refractivity contribution in [2.24, 2.45) is 0 Å². The summed E-state index contributed by atoms with van der Waals surface area (Å²) in [5.74, 6) is -0.651. The summed E-state index contributed by atoms with van der Waals surface area (Å²) in [5, 5.41) is 9.23. The number of hydrogen-bond donors (Lipinski definition) is 1. The molecule has 0 aliphatic carbocycles. The number of fused-ring (bicyclic) bond motifs is 1. The summed E-state index contributed by atoms with van der Waals surface area (Å²) in [6.07, 6.45) is 0. The van der Waals surface area contributed by atoms with E-state index in [1.54, 1.807) is 24.3 Å². The molecule has 1 heterocycles.